The molecule has 1 atom stereocenters. The van der Waals surface area contributed by atoms with E-state index in [1.807, 2.05) is 6.07 Å². The Morgan fingerprint density at radius 2 is 2.00 bits per heavy atom. The van der Waals surface area contributed by atoms with E-state index in [-0.39, 0.29) is 24.1 Å². The standard InChI is InChI=1S/C17H24N2O3S/c18-15-5-2-9-19(12-15)17(20)8-10-23(21,22)16-7-6-13-3-1-4-14(13)11-16/h6-7,11,15H,1-5,8-10,12,18H2. The van der Waals surface area contributed by atoms with E-state index in [9.17, 15) is 13.2 Å². The largest absolute Gasteiger partial charge is 0.341 e. The number of likely N-dealkylation sites (tertiary alicyclic amines) is 1. The number of benzene rings is 1. The van der Waals surface area contributed by atoms with Gasteiger partial charge in [0.25, 0.3) is 0 Å². The third-order valence-electron chi connectivity index (χ3n) is 4.82. The monoisotopic (exact) mass is 336 g/mol. The summed E-state index contributed by atoms with van der Waals surface area (Å²) in [7, 11) is -3.41. The number of nitrogens with two attached hydrogens (primary N) is 1. The van der Waals surface area contributed by atoms with Crippen LogP contribution in [0.3, 0.4) is 0 Å². The summed E-state index contributed by atoms with van der Waals surface area (Å²) in [5.41, 5.74) is 8.27. The number of carbonyl (C=O) groups excluding carboxylic acids is 1. The van der Waals surface area contributed by atoms with Gasteiger partial charge in [0.05, 0.1) is 10.6 Å². The number of rotatable bonds is 4. The molecule has 1 heterocycles. The molecule has 3 rings (SSSR count). The molecule has 126 valence electrons. The highest BCUT2D eigenvalue weighted by molar-refractivity contribution is 7.91. The molecule has 1 aromatic rings. The van der Waals surface area contributed by atoms with Gasteiger partial charge in [0, 0.05) is 25.6 Å². The lowest BCUT2D eigenvalue weighted by Crippen LogP contribution is -2.46. The van der Waals surface area contributed by atoms with Crippen LogP contribution in [-0.2, 0) is 27.5 Å². The van der Waals surface area contributed by atoms with Crippen LogP contribution in [0.4, 0.5) is 0 Å². The van der Waals surface area contributed by atoms with E-state index >= 15 is 0 Å². The van der Waals surface area contributed by atoms with E-state index in [0.29, 0.717) is 18.0 Å². The Bertz CT molecular complexity index is 700. The Hall–Kier alpha value is -1.40. The number of piperidine rings is 1. The molecule has 1 aromatic carbocycles. The predicted octanol–water partition coefficient (Wildman–Crippen LogP) is 1.29. The summed E-state index contributed by atoms with van der Waals surface area (Å²) >= 11 is 0. The molecule has 0 saturated carbocycles. The Morgan fingerprint density at radius 3 is 2.78 bits per heavy atom. The van der Waals surface area contributed by atoms with Crippen molar-refractivity contribution in [2.24, 2.45) is 5.73 Å². The average Bonchev–Trinajstić information content (AvgIpc) is 3.00. The SMILES string of the molecule is NC1CCCN(C(=O)CCS(=O)(=O)c2ccc3c(c2)CCC3)C1. The van der Waals surface area contributed by atoms with Crippen molar-refractivity contribution in [3.8, 4) is 0 Å². The first-order chi connectivity index (χ1) is 11.0. The maximum absolute atomic E-state index is 12.5. The van der Waals surface area contributed by atoms with Crippen LogP contribution in [0.15, 0.2) is 23.1 Å². The molecule has 1 saturated heterocycles. The summed E-state index contributed by atoms with van der Waals surface area (Å²) in [5.74, 6) is -0.235. The second-order valence-electron chi connectivity index (χ2n) is 6.60. The summed E-state index contributed by atoms with van der Waals surface area (Å²) in [6, 6.07) is 5.40. The first-order valence-corrected chi connectivity index (χ1v) is 9.99. The normalized spacial score (nSPS) is 21.3. The Labute approximate surface area is 137 Å². The highest BCUT2D eigenvalue weighted by atomic mass is 32.2. The lowest BCUT2D eigenvalue weighted by molar-refractivity contribution is -0.131. The number of amides is 1. The zero-order chi connectivity index (χ0) is 16.4. The van der Waals surface area contributed by atoms with E-state index in [1.54, 1.807) is 17.0 Å². The van der Waals surface area contributed by atoms with Crippen molar-refractivity contribution >= 4 is 15.7 Å². The zero-order valence-corrected chi connectivity index (χ0v) is 14.1. The average molecular weight is 336 g/mol. The van der Waals surface area contributed by atoms with E-state index in [0.717, 1.165) is 37.7 Å². The quantitative estimate of drug-likeness (QED) is 0.898. The molecular formula is C17H24N2O3S. The molecule has 5 nitrogen and oxygen atoms in total. The highest BCUT2D eigenvalue weighted by Gasteiger charge is 2.24. The number of aryl methyl sites for hydroxylation is 2. The minimum absolute atomic E-state index is 0.0148. The predicted molar refractivity (Wildman–Crippen MR) is 88.9 cm³/mol. The topological polar surface area (TPSA) is 80.5 Å². The molecule has 0 radical (unpaired) electrons. The first kappa shape index (κ1) is 16.5. The smallest absolute Gasteiger partial charge is 0.223 e. The van der Waals surface area contributed by atoms with Gasteiger partial charge in [-0.2, -0.15) is 0 Å². The van der Waals surface area contributed by atoms with Gasteiger partial charge in [-0.05, 0) is 55.4 Å². The van der Waals surface area contributed by atoms with Gasteiger partial charge < -0.3 is 10.6 Å². The summed E-state index contributed by atoms with van der Waals surface area (Å²) < 4.78 is 25.0. The fraction of sp³-hybridized carbons (Fsp3) is 0.588. The molecule has 1 aliphatic heterocycles. The van der Waals surface area contributed by atoms with Crippen LogP contribution in [0.2, 0.25) is 0 Å². The fourth-order valence-corrected chi connectivity index (χ4v) is 4.75. The van der Waals surface area contributed by atoms with Crippen LogP contribution in [-0.4, -0.2) is 44.1 Å². The lowest BCUT2D eigenvalue weighted by atomic mass is 10.1. The van der Waals surface area contributed by atoms with E-state index in [1.165, 1.54) is 5.56 Å². The van der Waals surface area contributed by atoms with Gasteiger partial charge in [-0.1, -0.05) is 6.07 Å². The van der Waals surface area contributed by atoms with Gasteiger partial charge >= 0.3 is 0 Å². The number of sulfone groups is 1. The highest BCUT2D eigenvalue weighted by Crippen LogP contribution is 2.25. The Morgan fingerprint density at radius 1 is 1.22 bits per heavy atom. The van der Waals surface area contributed by atoms with Gasteiger partial charge in [0.2, 0.25) is 5.91 Å². The molecule has 1 unspecified atom stereocenters. The van der Waals surface area contributed by atoms with Gasteiger partial charge in [-0.25, -0.2) is 8.42 Å². The molecule has 0 spiro atoms. The van der Waals surface area contributed by atoms with E-state index in [2.05, 4.69) is 0 Å². The second-order valence-corrected chi connectivity index (χ2v) is 8.70. The summed E-state index contributed by atoms with van der Waals surface area (Å²) in [5, 5.41) is 0. The van der Waals surface area contributed by atoms with Crippen molar-refractivity contribution in [2.75, 3.05) is 18.8 Å². The molecule has 23 heavy (non-hydrogen) atoms. The maximum Gasteiger partial charge on any atom is 0.223 e. The summed E-state index contributed by atoms with van der Waals surface area (Å²) in [6.07, 6.45) is 4.92. The maximum atomic E-state index is 12.5. The van der Waals surface area contributed by atoms with Crippen molar-refractivity contribution in [1.82, 2.24) is 4.90 Å². The van der Waals surface area contributed by atoms with Crippen molar-refractivity contribution in [2.45, 2.75) is 49.5 Å². The van der Waals surface area contributed by atoms with Crippen LogP contribution in [0.5, 0.6) is 0 Å². The van der Waals surface area contributed by atoms with Gasteiger partial charge in [-0.15, -0.1) is 0 Å². The van der Waals surface area contributed by atoms with Crippen LogP contribution >= 0.6 is 0 Å². The number of hydrogen-bond donors (Lipinski definition) is 1. The molecule has 2 aliphatic rings. The van der Waals surface area contributed by atoms with E-state index < -0.39 is 9.84 Å². The van der Waals surface area contributed by atoms with Gasteiger partial charge in [-0.3, -0.25) is 4.79 Å². The lowest BCUT2D eigenvalue weighted by Gasteiger charge is -2.30. The van der Waals surface area contributed by atoms with Crippen molar-refractivity contribution in [1.29, 1.82) is 0 Å². The van der Waals surface area contributed by atoms with Crippen molar-refractivity contribution < 1.29 is 13.2 Å². The second kappa shape index (κ2) is 6.61. The fourth-order valence-electron chi connectivity index (χ4n) is 3.48. The third kappa shape index (κ3) is 3.75. The minimum atomic E-state index is -3.41. The van der Waals surface area contributed by atoms with Gasteiger partial charge in [0.1, 0.15) is 0 Å². The molecule has 1 aliphatic carbocycles. The van der Waals surface area contributed by atoms with E-state index in [4.69, 9.17) is 5.73 Å². The van der Waals surface area contributed by atoms with Crippen LogP contribution in [0.1, 0.15) is 36.8 Å². The Balaban J connectivity index is 1.63. The third-order valence-corrected chi connectivity index (χ3v) is 6.54. The molecule has 2 N–H and O–H groups in total. The first-order valence-electron chi connectivity index (χ1n) is 8.33. The molecule has 6 heteroatoms. The van der Waals surface area contributed by atoms with Crippen molar-refractivity contribution in [3.05, 3.63) is 29.3 Å². The van der Waals surface area contributed by atoms with Crippen LogP contribution in [0, 0.1) is 0 Å². The zero-order valence-electron chi connectivity index (χ0n) is 13.3. The number of carbonyl (C=O) groups is 1. The molecule has 0 bridgehead atoms. The summed E-state index contributed by atoms with van der Waals surface area (Å²) in [4.78, 5) is 14.3. The number of nitrogens with zero attached hydrogens (tertiary/aromatic N) is 1. The van der Waals surface area contributed by atoms with Crippen LogP contribution < -0.4 is 5.73 Å². The Kier molecular flexibility index (Phi) is 4.73. The molecule has 1 amide bonds. The molecular weight excluding hydrogens is 312 g/mol. The minimum Gasteiger partial charge on any atom is -0.341 e. The number of fused-ring (bicyclic) bond motifs is 1. The summed E-state index contributed by atoms with van der Waals surface area (Å²) in [6.45, 7) is 1.23. The van der Waals surface area contributed by atoms with Crippen LogP contribution in [0.25, 0.3) is 0 Å². The molecule has 1 fully saturated rings. The number of hydrogen-bond acceptors (Lipinski definition) is 4. The molecule has 0 aromatic heterocycles. The van der Waals surface area contributed by atoms with Gasteiger partial charge in [0.15, 0.2) is 9.84 Å². The van der Waals surface area contributed by atoms with Crippen molar-refractivity contribution in [3.63, 3.8) is 0 Å².